The van der Waals surface area contributed by atoms with Crippen LogP contribution < -0.4 is 15.5 Å². The van der Waals surface area contributed by atoms with E-state index < -0.39 is 0 Å². The van der Waals surface area contributed by atoms with Crippen LogP contribution in [0.1, 0.15) is 33.4 Å². The Morgan fingerprint density at radius 3 is 0.863 bits per heavy atom. The summed E-state index contributed by atoms with van der Waals surface area (Å²) in [7, 11) is 0. The van der Waals surface area contributed by atoms with Crippen molar-refractivity contribution in [2.24, 2.45) is 0 Å². The lowest BCUT2D eigenvalue weighted by Gasteiger charge is -2.25. The van der Waals surface area contributed by atoms with Gasteiger partial charge < -0.3 is 15.5 Å². The molecule has 3 nitrogen and oxygen atoms in total. The predicted molar refractivity (Wildman–Crippen MR) is 343 cm³/mol. The number of anilines is 7. The summed E-state index contributed by atoms with van der Waals surface area (Å²) in [5.41, 5.74) is 16.0. The van der Waals surface area contributed by atoms with Gasteiger partial charge in [-0.2, -0.15) is 0 Å². The molecular formula is C77H65N3. The molecular weight excluding hydrogens is 967 g/mol. The number of hydrogen-bond donors (Lipinski definition) is 2. The maximum absolute atomic E-state index is 3.51. The first-order chi connectivity index (χ1) is 39.6. The first-order valence-corrected chi connectivity index (χ1v) is 27.4. The maximum atomic E-state index is 3.51. The van der Waals surface area contributed by atoms with Crippen molar-refractivity contribution in [1.29, 1.82) is 0 Å². The third-order valence-electron chi connectivity index (χ3n) is 13.6. The second-order valence-corrected chi connectivity index (χ2v) is 19.6. The Kier molecular flexibility index (Phi) is 18.8. The molecule has 0 aliphatic heterocycles. The molecule has 0 aliphatic carbocycles. The van der Waals surface area contributed by atoms with E-state index in [4.69, 9.17) is 0 Å². The Hall–Kier alpha value is -10.2. The fraction of sp³-hybridized carbons (Fsp3) is 0.0390. The van der Waals surface area contributed by atoms with Gasteiger partial charge in [0, 0.05) is 39.8 Å². The van der Waals surface area contributed by atoms with Crippen molar-refractivity contribution in [3.63, 3.8) is 0 Å². The van der Waals surface area contributed by atoms with E-state index in [0.29, 0.717) is 0 Å². The standard InChI is InChI=1S/C27H21N.C19H17N.C18H15N.C13H12/c1-3-7-24-18-21(9-12-22(24)5-1)17-20-10-14-26(15-11-20)28-27-16-13-23-6-2-4-8-25(23)19-27;1-3-7-16(8-4-1)15-17-11-13-19(14-12-17)20-18-9-5-2-6-10-18;1-4-10-16(11-5-1)19(17-12-6-2-7-13-17)18-14-8-3-9-15-18;1-3-7-12(8-4-1)11-13-9-5-2-6-10-13/h1-16,18-19,28H,17H2;1-14,20H,15H2;1-15H;1-10H,11H2. The van der Waals surface area contributed by atoms with E-state index >= 15 is 0 Å². The SMILES string of the molecule is c1ccc(Cc2ccc(Nc3ccccc3)cc2)cc1.c1ccc(Cc2ccccc2)cc1.c1ccc(N(c2ccccc2)c2ccccc2)cc1.c1ccc2cc(Cc3ccc(Nc4ccc5ccccc5c4)cc3)ccc2c1. The third kappa shape index (κ3) is 15.9. The van der Waals surface area contributed by atoms with Crippen molar-refractivity contribution < 1.29 is 0 Å². The van der Waals surface area contributed by atoms with Crippen LogP contribution in [0.25, 0.3) is 21.5 Å². The largest absolute Gasteiger partial charge is 0.356 e. The van der Waals surface area contributed by atoms with Crippen LogP contribution in [0.5, 0.6) is 0 Å². The molecule has 0 amide bonds. The summed E-state index contributed by atoms with van der Waals surface area (Å²) < 4.78 is 0. The number of nitrogens with zero attached hydrogens (tertiary/aromatic N) is 1. The summed E-state index contributed by atoms with van der Waals surface area (Å²) in [6.07, 6.45) is 2.95. The van der Waals surface area contributed by atoms with E-state index in [1.165, 1.54) is 72.0 Å². The highest BCUT2D eigenvalue weighted by atomic mass is 15.1. The van der Waals surface area contributed by atoms with E-state index in [0.717, 1.165) is 42.0 Å². The minimum atomic E-state index is 0.946. The summed E-state index contributed by atoms with van der Waals surface area (Å²) in [6.45, 7) is 0. The molecule has 0 bridgehead atoms. The highest BCUT2D eigenvalue weighted by molar-refractivity contribution is 5.87. The second kappa shape index (κ2) is 28.2. The van der Waals surface area contributed by atoms with Gasteiger partial charge >= 0.3 is 0 Å². The zero-order valence-electron chi connectivity index (χ0n) is 45.0. The zero-order valence-corrected chi connectivity index (χ0v) is 45.0. The molecule has 0 unspecified atom stereocenters. The van der Waals surface area contributed by atoms with Crippen molar-refractivity contribution >= 4 is 61.4 Å². The van der Waals surface area contributed by atoms with E-state index in [9.17, 15) is 0 Å². The Morgan fingerprint density at radius 2 is 0.450 bits per heavy atom. The molecule has 0 radical (unpaired) electrons. The van der Waals surface area contributed by atoms with Crippen LogP contribution in [-0.4, -0.2) is 0 Å². The van der Waals surface area contributed by atoms with Crippen LogP contribution >= 0.6 is 0 Å². The minimum absolute atomic E-state index is 0.946. The molecule has 3 heteroatoms. The highest BCUT2D eigenvalue weighted by Crippen LogP contribution is 2.34. The van der Waals surface area contributed by atoms with Crippen LogP contribution in [0.4, 0.5) is 39.8 Å². The van der Waals surface area contributed by atoms with Crippen molar-refractivity contribution in [3.05, 3.63) is 379 Å². The molecule has 13 rings (SSSR count). The number of fused-ring (bicyclic) bond motifs is 2. The summed E-state index contributed by atoms with van der Waals surface area (Å²) >= 11 is 0. The van der Waals surface area contributed by atoms with Crippen molar-refractivity contribution in [3.8, 4) is 0 Å². The van der Waals surface area contributed by atoms with Gasteiger partial charge in [-0.1, -0.05) is 261 Å². The lowest BCUT2D eigenvalue weighted by Crippen LogP contribution is -2.09. The monoisotopic (exact) mass is 1030 g/mol. The van der Waals surface area contributed by atoms with Gasteiger partial charge in [0.05, 0.1) is 0 Å². The number of hydrogen-bond acceptors (Lipinski definition) is 3. The van der Waals surface area contributed by atoms with Crippen LogP contribution in [0, 0.1) is 0 Å². The number of para-hydroxylation sites is 4. The van der Waals surface area contributed by atoms with E-state index in [1.807, 2.05) is 36.4 Å². The van der Waals surface area contributed by atoms with E-state index in [-0.39, 0.29) is 0 Å². The Morgan fingerprint density at radius 1 is 0.188 bits per heavy atom. The quantitative estimate of drug-likeness (QED) is 0.121. The van der Waals surface area contributed by atoms with Gasteiger partial charge in [0.2, 0.25) is 0 Å². The molecule has 2 N–H and O–H groups in total. The van der Waals surface area contributed by atoms with Crippen LogP contribution in [0.2, 0.25) is 0 Å². The molecule has 80 heavy (non-hydrogen) atoms. The van der Waals surface area contributed by atoms with Gasteiger partial charge in [-0.25, -0.2) is 0 Å². The normalized spacial score (nSPS) is 10.4. The van der Waals surface area contributed by atoms with Crippen molar-refractivity contribution in [1.82, 2.24) is 0 Å². The van der Waals surface area contributed by atoms with Gasteiger partial charge in [0.1, 0.15) is 0 Å². The molecule has 0 fully saturated rings. The van der Waals surface area contributed by atoms with Crippen LogP contribution in [0.3, 0.4) is 0 Å². The van der Waals surface area contributed by atoms with E-state index in [1.54, 1.807) is 0 Å². The van der Waals surface area contributed by atoms with Crippen molar-refractivity contribution in [2.45, 2.75) is 19.3 Å². The number of nitrogens with one attached hydrogen (secondary N) is 2. The first kappa shape index (κ1) is 53.2. The first-order valence-electron chi connectivity index (χ1n) is 27.4. The molecule has 388 valence electrons. The fourth-order valence-corrected chi connectivity index (χ4v) is 9.56. The molecule has 0 aromatic heterocycles. The lowest BCUT2D eigenvalue weighted by molar-refractivity contribution is 1.19. The molecule has 0 saturated heterocycles. The second-order valence-electron chi connectivity index (χ2n) is 19.6. The molecule has 0 atom stereocenters. The van der Waals surface area contributed by atoms with Gasteiger partial charge in [-0.3, -0.25) is 0 Å². The summed E-state index contributed by atoms with van der Waals surface area (Å²) in [4.78, 5) is 2.25. The van der Waals surface area contributed by atoms with Crippen molar-refractivity contribution in [2.75, 3.05) is 15.5 Å². The van der Waals surface area contributed by atoms with Gasteiger partial charge in [-0.05, 0) is 159 Å². The fourth-order valence-electron chi connectivity index (χ4n) is 9.56. The van der Waals surface area contributed by atoms with Gasteiger partial charge in [0.25, 0.3) is 0 Å². The smallest absolute Gasteiger partial charge is 0.0461 e. The molecule has 13 aromatic carbocycles. The predicted octanol–water partition coefficient (Wildman–Crippen LogP) is 20.8. The number of benzene rings is 13. The van der Waals surface area contributed by atoms with E-state index in [2.05, 4.69) is 325 Å². The van der Waals surface area contributed by atoms with Gasteiger partial charge in [-0.15, -0.1) is 0 Å². The molecule has 13 aromatic rings. The lowest BCUT2D eigenvalue weighted by atomic mass is 10.0. The Labute approximate surface area is 472 Å². The summed E-state index contributed by atoms with van der Waals surface area (Å²) in [5.74, 6) is 0. The molecule has 0 aliphatic rings. The van der Waals surface area contributed by atoms with Crippen LogP contribution in [0.15, 0.2) is 346 Å². The Bertz CT molecular complexity index is 3570. The molecule has 0 saturated carbocycles. The average molecular weight is 1030 g/mol. The molecule has 0 heterocycles. The average Bonchev–Trinajstić information content (AvgIpc) is 3.57. The van der Waals surface area contributed by atoms with Crippen LogP contribution in [-0.2, 0) is 19.3 Å². The summed E-state index contributed by atoms with van der Waals surface area (Å²) in [6, 6.07) is 121. The molecule has 0 spiro atoms. The van der Waals surface area contributed by atoms with Gasteiger partial charge in [0.15, 0.2) is 0 Å². The Balaban J connectivity index is 0.000000124. The highest BCUT2D eigenvalue weighted by Gasteiger charge is 2.11. The summed E-state index contributed by atoms with van der Waals surface area (Å²) in [5, 5.41) is 12.0. The topological polar surface area (TPSA) is 27.3 Å². The third-order valence-corrected chi connectivity index (χ3v) is 13.6. The minimum Gasteiger partial charge on any atom is -0.356 e. The zero-order chi connectivity index (χ0) is 54.2. The number of rotatable bonds is 13. The maximum Gasteiger partial charge on any atom is 0.0461 e.